The molecule has 0 aliphatic carbocycles. The highest BCUT2D eigenvalue weighted by Gasteiger charge is 2.41. The Kier molecular flexibility index (Phi) is 7.42. The van der Waals surface area contributed by atoms with E-state index >= 15 is 0 Å². The molecule has 2 amide bonds. The van der Waals surface area contributed by atoms with Gasteiger partial charge in [0.2, 0.25) is 11.8 Å². The number of nitrogens with one attached hydrogen (secondary N) is 1. The number of rotatable bonds is 7. The first kappa shape index (κ1) is 23.6. The quantitative estimate of drug-likeness (QED) is 0.271. The van der Waals surface area contributed by atoms with Crippen LogP contribution in [0.15, 0.2) is 95.5 Å². The smallest absolute Gasteiger partial charge is 0.247 e. The van der Waals surface area contributed by atoms with Crippen LogP contribution >= 0.6 is 11.8 Å². The Balaban J connectivity index is 1.50. The SMILES string of the molecule is N#CC(C#N)=C(Nc1ccccc1)SC1CC(=O)N(c2ccc(/C=C/c3ccccc3)cc2)C1=O. The number of para-hydroxylation sites is 1. The van der Waals surface area contributed by atoms with Gasteiger partial charge in [-0.1, -0.05) is 84.6 Å². The predicted molar refractivity (Wildman–Crippen MR) is 139 cm³/mol. The van der Waals surface area contributed by atoms with Crippen LogP contribution in [0.4, 0.5) is 11.4 Å². The van der Waals surface area contributed by atoms with Crippen molar-refractivity contribution in [1.29, 1.82) is 10.5 Å². The number of nitrogens with zero attached hydrogens (tertiary/aromatic N) is 3. The summed E-state index contributed by atoms with van der Waals surface area (Å²) in [7, 11) is 0. The van der Waals surface area contributed by atoms with Crippen molar-refractivity contribution in [3.63, 3.8) is 0 Å². The number of carbonyl (C=O) groups is 2. The first-order valence-corrected chi connectivity index (χ1v) is 11.7. The summed E-state index contributed by atoms with van der Waals surface area (Å²) in [6.07, 6.45) is 3.93. The number of allylic oxidation sites excluding steroid dienone is 1. The molecule has 35 heavy (non-hydrogen) atoms. The molecule has 1 heterocycles. The number of hydrogen-bond donors (Lipinski definition) is 1. The first-order chi connectivity index (χ1) is 17.1. The number of amides is 2. The van der Waals surface area contributed by atoms with E-state index in [1.54, 1.807) is 24.3 Å². The van der Waals surface area contributed by atoms with Crippen LogP contribution in [0.1, 0.15) is 17.5 Å². The van der Waals surface area contributed by atoms with Gasteiger partial charge in [-0.05, 0) is 35.4 Å². The summed E-state index contributed by atoms with van der Waals surface area (Å²) >= 11 is 1.02. The molecule has 1 N–H and O–H groups in total. The second-order valence-electron chi connectivity index (χ2n) is 7.63. The molecule has 4 rings (SSSR count). The van der Waals surface area contributed by atoms with Crippen molar-refractivity contribution in [2.45, 2.75) is 11.7 Å². The molecule has 0 saturated carbocycles. The summed E-state index contributed by atoms with van der Waals surface area (Å²) in [5.74, 6) is -0.704. The maximum atomic E-state index is 13.2. The van der Waals surface area contributed by atoms with Gasteiger partial charge in [0.15, 0.2) is 5.57 Å². The Morgan fingerprint density at radius 2 is 1.43 bits per heavy atom. The molecule has 1 aliphatic rings. The minimum absolute atomic E-state index is 0.0245. The monoisotopic (exact) mass is 476 g/mol. The van der Waals surface area contributed by atoms with E-state index in [2.05, 4.69) is 5.32 Å². The van der Waals surface area contributed by atoms with Crippen LogP contribution in [0.25, 0.3) is 12.2 Å². The van der Waals surface area contributed by atoms with Gasteiger partial charge in [-0.3, -0.25) is 9.59 Å². The lowest BCUT2D eigenvalue weighted by atomic mass is 10.1. The summed E-state index contributed by atoms with van der Waals surface area (Å²) in [4.78, 5) is 27.1. The zero-order valence-electron chi connectivity index (χ0n) is 18.6. The Morgan fingerprint density at radius 3 is 2.03 bits per heavy atom. The van der Waals surface area contributed by atoms with E-state index < -0.39 is 5.25 Å². The van der Waals surface area contributed by atoms with Crippen molar-refractivity contribution >= 4 is 47.1 Å². The fraction of sp³-hybridized carbons (Fsp3) is 0.0714. The van der Waals surface area contributed by atoms with E-state index in [1.807, 2.05) is 85.0 Å². The number of anilines is 2. The van der Waals surface area contributed by atoms with Crippen molar-refractivity contribution in [3.05, 3.63) is 107 Å². The number of nitriles is 2. The molecule has 0 bridgehead atoms. The molecule has 1 unspecified atom stereocenters. The van der Waals surface area contributed by atoms with Gasteiger partial charge in [0.1, 0.15) is 17.2 Å². The standard InChI is InChI=1S/C28H20N4O2S/c29-18-22(19-30)27(31-23-9-5-2-6-10-23)35-25-17-26(33)32(28(25)34)24-15-13-21(14-16-24)12-11-20-7-3-1-4-8-20/h1-16,25,31H,17H2/b12-11+. The van der Waals surface area contributed by atoms with Crippen molar-refractivity contribution in [3.8, 4) is 12.1 Å². The minimum Gasteiger partial charge on any atom is -0.349 e. The Bertz CT molecular complexity index is 1350. The third-order valence-electron chi connectivity index (χ3n) is 5.27. The van der Waals surface area contributed by atoms with Gasteiger partial charge in [-0.25, -0.2) is 4.90 Å². The molecule has 7 heteroatoms. The van der Waals surface area contributed by atoms with E-state index in [0.717, 1.165) is 22.9 Å². The molecule has 1 aliphatic heterocycles. The maximum absolute atomic E-state index is 13.2. The summed E-state index contributed by atoms with van der Waals surface area (Å²) < 4.78 is 0. The van der Waals surface area contributed by atoms with Crippen molar-refractivity contribution in [2.24, 2.45) is 0 Å². The van der Waals surface area contributed by atoms with E-state index in [9.17, 15) is 20.1 Å². The largest absolute Gasteiger partial charge is 0.349 e. The number of thioether (sulfide) groups is 1. The summed E-state index contributed by atoms with van der Waals surface area (Å²) in [5.41, 5.74) is 3.02. The van der Waals surface area contributed by atoms with Gasteiger partial charge in [0.05, 0.1) is 10.9 Å². The molecule has 0 spiro atoms. The van der Waals surface area contributed by atoms with E-state index in [1.165, 1.54) is 4.90 Å². The predicted octanol–water partition coefficient (Wildman–Crippen LogP) is 5.59. The lowest BCUT2D eigenvalue weighted by molar-refractivity contribution is -0.121. The molecular formula is C28H20N4O2S. The highest BCUT2D eigenvalue weighted by molar-refractivity contribution is 8.04. The lowest BCUT2D eigenvalue weighted by Crippen LogP contribution is -2.31. The fourth-order valence-electron chi connectivity index (χ4n) is 3.53. The van der Waals surface area contributed by atoms with Crippen LogP contribution < -0.4 is 10.2 Å². The molecule has 0 radical (unpaired) electrons. The second kappa shape index (κ2) is 11.0. The Labute approximate surface area is 207 Å². The molecule has 1 saturated heterocycles. The molecule has 3 aromatic carbocycles. The van der Waals surface area contributed by atoms with Crippen LogP contribution in [0.3, 0.4) is 0 Å². The summed E-state index contributed by atoms with van der Waals surface area (Å²) in [6, 6.07) is 29.8. The molecular weight excluding hydrogens is 456 g/mol. The molecule has 170 valence electrons. The van der Waals surface area contributed by atoms with Gasteiger partial charge in [-0.15, -0.1) is 0 Å². The van der Waals surface area contributed by atoms with Gasteiger partial charge >= 0.3 is 0 Å². The van der Waals surface area contributed by atoms with Gasteiger partial charge < -0.3 is 5.32 Å². The van der Waals surface area contributed by atoms with E-state index in [0.29, 0.717) is 11.4 Å². The van der Waals surface area contributed by atoms with Crippen LogP contribution in [0, 0.1) is 22.7 Å². The van der Waals surface area contributed by atoms with Gasteiger partial charge in [-0.2, -0.15) is 10.5 Å². The average molecular weight is 477 g/mol. The van der Waals surface area contributed by atoms with E-state index in [4.69, 9.17) is 0 Å². The minimum atomic E-state index is -0.747. The lowest BCUT2D eigenvalue weighted by Gasteiger charge is -2.16. The van der Waals surface area contributed by atoms with Crippen molar-refractivity contribution in [2.75, 3.05) is 10.2 Å². The topological polar surface area (TPSA) is 97.0 Å². The van der Waals surface area contributed by atoms with Crippen LogP contribution in [-0.2, 0) is 9.59 Å². The first-order valence-electron chi connectivity index (χ1n) is 10.8. The zero-order chi connectivity index (χ0) is 24.6. The molecule has 1 fully saturated rings. The molecule has 1 atom stereocenters. The third-order valence-corrected chi connectivity index (χ3v) is 6.46. The zero-order valence-corrected chi connectivity index (χ0v) is 19.4. The van der Waals surface area contributed by atoms with Gasteiger partial charge in [0, 0.05) is 12.1 Å². The number of imide groups is 1. The number of hydrogen-bond acceptors (Lipinski definition) is 6. The highest BCUT2D eigenvalue weighted by atomic mass is 32.2. The van der Waals surface area contributed by atoms with Crippen molar-refractivity contribution in [1.82, 2.24) is 0 Å². The fourth-order valence-corrected chi connectivity index (χ4v) is 4.63. The summed E-state index contributed by atoms with van der Waals surface area (Å²) in [6.45, 7) is 0. The second-order valence-corrected chi connectivity index (χ2v) is 8.85. The summed E-state index contributed by atoms with van der Waals surface area (Å²) in [5, 5.41) is 21.3. The Morgan fingerprint density at radius 1 is 0.857 bits per heavy atom. The van der Waals surface area contributed by atoms with Gasteiger partial charge in [0.25, 0.3) is 0 Å². The molecule has 6 nitrogen and oxygen atoms in total. The number of carbonyl (C=O) groups excluding carboxylic acids is 2. The number of benzene rings is 3. The highest BCUT2D eigenvalue weighted by Crippen LogP contribution is 2.35. The van der Waals surface area contributed by atoms with E-state index in [-0.39, 0.29) is 28.8 Å². The average Bonchev–Trinajstić information content (AvgIpc) is 3.17. The third kappa shape index (κ3) is 5.67. The van der Waals surface area contributed by atoms with Crippen LogP contribution in [0.2, 0.25) is 0 Å². The Hall–Kier alpha value is -4.59. The normalized spacial score (nSPS) is 15.0. The molecule has 0 aromatic heterocycles. The van der Waals surface area contributed by atoms with Crippen LogP contribution in [-0.4, -0.2) is 17.1 Å². The van der Waals surface area contributed by atoms with Crippen molar-refractivity contribution < 1.29 is 9.59 Å². The van der Waals surface area contributed by atoms with Crippen LogP contribution in [0.5, 0.6) is 0 Å². The molecule has 3 aromatic rings. The maximum Gasteiger partial charge on any atom is 0.247 e.